The van der Waals surface area contributed by atoms with E-state index in [1.165, 1.54) is 11.3 Å². The molecule has 1 aliphatic rings. The summed E-state index contributed by atoms with van der Waals surface area (Å²) in [6.45, 7) is 4.04. The van der Waals surface area contributed by atoms with Gasteiger partial charge in [-0.3, -0.25) is 14.9 Å². The van der Waals surface area contributed by atoms with Gasteiger partial charge in [-0.2, -0.15) is 0 Å². The lowest BCUT2D eigenvalue weighted by Gasteiger charge is -2.06. The fourth-order valence-electron chi connectivity index (χ4n) is 3.26. The van der Waals surface area contributed by atoms with Crippen molar-refractivity contribution in [3.8, 4) is 17.0 Å². The van der Waals surface area contributed by atoms with Crippen LogP contribution >= 0.6 is 11.3 Å². The average Bonchev–Trinajstić information content (AvgIpc) is 3.38. The Balaban J connectivity index is 1.41. The first-order valence-electron chi connectivity index (χ1n) is 9.78. The standard InChI is InChI=1S/C23H23N3O3S/c1-13-12-19(13)22(28)24-17-8-4-16(5-9-17)21(27)26-23-25-20(14(2)30-23)15-6-10-18(29-3)11-7-15/h4-11,13,19H,12H2,1-3H3,(H,24,28)(H,25,26,27). The highest BCUT2D eigenvalue weighted by Crippen LogP contribution is 2.38. The Labute approximate surface area is 179 Å². The lowest BCUT2D eigenvalue weighted by molar-refractivity contribution is -0.117. The summed E-state index contributed by atoms with van der Waals surface area (Å²) >= 11 is 1.43. The van der Waals surface area contributed by atoms with E-state index >= 15 is 0 Å². The van der Waals surface area contributed by atoms with Gasteiger partial charge in [-0.1, -0.05) is 6.92 Å². The molecule has 154 valence electrons. The maximum absolute atomic E-state index is 12.6. The molecule has 1 aromatic heterocycles. The zero-order valence-electron chi connectivity index (χ0n) is 17.1. The van der Waals surface area contributed by atoms with Crippen molar-refractivity contribution in [2.24, 2.45) is 11.8 Å². The van der Waals surface area contributed by atoms with E-state index in [0.29, 0.717) is 22.3 Å². The minimum Gasteiger partial charge on any atom is -0.497 e. The van der Waals surface area contributed by atoms with Crippen molar-refractivity contribution in [1.82, 2.24) is 4.98 Å². The van der Waals surface area contributed by atoms with Crippen molar-refractivity contribution in [2.45, 2.75) is 20.3 Å². The van der Waals surface area contributed by atoms with Gasteiger partial charge in [-0.05, 0) is 67.8 Å². The minimum absolute atomic E-state index is 0.0454. The van der Waals surface area contributed by atoms with E-state index in [1.54, 1.807) is 31.4 Å². The van der Waals surface area contributed by atoms with Crippen molar-refractivity contribution in [2.75, 3.05) is 17.7 Å². The smallest absolute Gasteiger partial charge is 0.257 e. The van der Waals surface area contributed by atoms with Crippen LogP contribution in [0.3, 0.4) is 0 Å². The number of hydrogen-bond acceptors (Lipinski definition) is 5. The van der Waals surface area contributed by atoms with Crippen LogP contribution in [-0.2, 0) is 4.79 Å². The van der Waals surface area contributed by atoms with Crippen LogP contribution in [0.4, 0.5) is 10.8 Å². The fraction of sp³-hybridized carbons (Fsp3) is 0.261. The number of benzene rings is 2. The molecular weight excluding hydrogens is 398 g/mol. The zero-order chi connectivity index (χ0) is 21.3. The summed E-state index contributed by atoms with van der Waals surface area (Å²) in [5.74, 6) is 1.16. The van der Waals surface area contributed by atoms with Gasteiger partial charge >= 0.3 is 0 Å². The lowest BCUT2D eigenvalue weighted by atomic mass is 10.1. The molecule has 4 rings (SSSR count). The number of carbonyl (C=O) groups excluding carboxylic acids is 2. The monoisotopic (exact) mass is 421 g/mol. The highest BCUT2D eigenvalue weighted by molar-refractivity contribution is 7.16. The molecule has 7 heteroatoms. The second kappa shape index (κ2) is 8.28. The number of methoxy groups -OCH3 is 1. The predicted molar refractivity (Wildman–Crippen MR) is 119 cm³/mol. The summed E-state index contributed by atoms with van der Waals surface area (Å²) in [5, 5.41) is 6.30. The SMILES string of the molecule is COc1ccc(-c2nc(NC(=O)c3ccc(NC(=O)C4CC4C)cc3)sc2C)cc1. The van der Waals surface area contributed by atoms with Gasteiger partial charge in [0, 0.05) is 27.6 Å². The van der Waals surface area contributed by atoms with Gasteiger partial charge in [0.2, 0.25) is 5.91 Å². The van der Waals surface area contributed by atoms with Gasteiger partial charge in [0.25, 0.3) is 5.91 Å². The van der Waals surface area contributed by atoms with E-state index < -0.39 is 0 Å². The number of rotatable bonds is 6. The van der Waals surface area contributed by atoms with E-state index in [1.807, 2.05) is 31.2 Å². The number of hydrogen-bond donors (Lipinski definition) is 2. The van der Waals surface area contributed by atoms with Gasteiger partial charge in [-0.15, -0.1) is 11.3 Å². The fourth-order valence-corrected chi connectivity index (χ4v) is 4.09. The topological polar surface area (TPSA) is 80.3 Å². The third kappa shape index (κ3) is 4.36. The van der Waals surface area contributed by atoms with Crippen LogP contribution in [0.5, 0.6) is 5.75 Å². The van der Waals surface area contributed by atoms with E-state index in [2.05, 4.69) is 22.5 Å². The van der Waals surface area contributed by atoms with E-state index in [9.17, 15) is 9.59 Å². The van der Waals surface area contributed by atoms with E-state index in [-0.39, 0.29) is 17.7 Å². The molecule has 6 nitrogen and oxygen atoms in total. The van der Waals surface area contributed by atoms with Crippen LogP contribution in [0.2, 0.25) is 0 Å². The number of aryl methyl sites for hydroxylation is 1. The van der Waals surface area contributed by atoms with Crippen molar-refractivity contribution in [3.63, 3.8) is 0 Å². The number of nitrogens with zero attached hydrogens (tertiary/aromatic N) is 1. The molecule has 0 radical (unpaired) electrons. The second-order valence-electron chi connectivity index (χ2n) is 7.49. The molecule has 1 fully saturated rings. The Bertz CT molecular complexity index is 1070. The molecule has 1 heterocycles. The van der Waals surface area contributed by atoms with Crippen molar-refractivity contribution in [1.29, 1.82) is 0 Å². The molecule has 2 N–H and O–H groups in total. The van der Waals surface area contributed by atoms with Gasteiger partial charge in [0.05, 0.1) is 12.8 Å². The molecule has 1 saturated carbocycles. The van der Waals surface area contributed by atoms with Gasteiger partial charge in [0.1, 0.15) is 5.75 Å². The Kier molecular flexibility index (Phi) is 5.55. The van der Waals surface area contributed by atoms with E-state index in [0.717, 1.165) is 28.3 Å². The number of thiazole rings is 1. The van der Waals surface area contributed by atoms with E-state index in [4.69, 9.17) is 4.74 Å². The lowest BCUT2D eigenvalue weighted by Crippen LogP contribution is -2.15. The van der Waals surface area contributed by atoms with Crippen LogP contribution in [0.25, 0.3) is 11.3 Å². The number of anilines is 2. The molecule has 0 aliphatic heterocycles. The van der Waals surface area contributed by atoms with Crippen molar-refractivity contribution >= 4 is 34.0 Å². The quantitative estimate of drug-likeness (QED) is 0.589. The normalized spacial score (nSPS) is 17.3. The molecule has 30 heavy (non-hydrogen) atoms. The van der Waals surface area contributed by atoms with Crippen LogP contribution in [-0.4, -0.2) is 23.9 Å². The molecule has 1 aliphatic carbocycles. The molecule has 0 spiro atoms. The summed E-state index contributed by atoms with van der Waals surface area (Å²) in [7, 11) is 1.63. The second-order valence-corrected chi connectivity index (χ2v) is 8.70. The number of nitrogens with one attached hydrogen (secondary N) is 2. The number of amides is 2. The van der Waals surface area contributed by atoms with Crippen molar-refractivity contribution in [3.05, 3.63) is 59.0 Å². The summed E-state index contributed by atoms with van der Waals surface area (Å²) in [4.78, 5) is 30.2. The molecule has 2 atom stereocenters. The van der Waals surface area contributed by atoms with Gasteiger partial charge in [0.15, 0.2) is 5.13 Å². The van der Waals surface area contributed by atoms with Crippen LogP contribution in [0.15, 0.2) is 48.5 Å². The van der Waals surface area contributed by atoms with Gasteiger partial charge in [-0.25, -0.2) is 4.98 Å². The van der Waals surface area contributed by atoms with Crippen LogP contribution < -0.4 is 15.4 Å². The third-order valence-corrected chi connectivity index (χ3v) is 6.13. The Morgan fingerprint density at radius 1 is 1.07 bits per heavy atom. The summed E-state index contributed by atoms with van der Waals surface area (Å²) in [5.41, 5.74) is 3.01. The van der Waals surface area contributed by atoms with Gasteiger partial charge < -0.3 is 10.1 Å². The summed E-state index contributed by atoms with van der Waals surface area (Å²) in [6, 6.07) is 14.6. The average molecular weight is 422 g/mol. The number of aromatic nitrogens is 1. The summed E-state index contributed by atoms with van der Waals surface area (Å²) < 4.78 is 5.19. The molecule has 2 amide bonds. The highest BCUT2D eigenvalue weighted by atomic mass is 32.1. The zero-order valence-corrected chi connectivity index (χ0v) is 17.9. The number of ether oxygens (including phenoxy) is 1. The Morgan fingerprint density at radius 2 is 1.73 bits per heavy atom. The Morgan fingerprint density at radius 3 is 2.33 bits per heavy atom. The first kappa shape index (κ1) is 20.1. The maximum Gasteiger partial charge on any atom is 0.257 e. The Hall–Kier alpha value is -3.19. The highest BCUT2D eigenvalue weighted by Gasteiger charge is 2.39. The summed E-state index contributed by atoms with van der Waals surface area (Å²) in [6.07, 6.45) is 0.943. The third-order valence-electron chi connectivity index (χ3n) is 5.24. The maximum atomic E-state index is 12.6. The molecule has 3 aromatic rings. The molecule has 0 bridgehead atoms. The molecule has 2 aromatic carbocycles. The van der Waals surface area contributed by atoms with Crippen LogP contribution in [0, 0.1) is 18.8 Å². The minimum atomic E-state index is -0.237. The molecule has 2 unspecified atom stereocenters. The predicted octanol–water partition coefficient (Wildman–Crippen LogP) is 4.97. The molecule has 0 saturated heterocycles. The first-order valence-corrected chi connectivity index (χ1v) is 10.6. The molecular formula is C23H23N3O3S. The van der Waals surface area contributed by atoms with Crippen molar-refractivity contribution < 1.29 is 14.3 Å². The first-order chi connectivity index (χ1) is 14.4. The number of carbonyl (C=O) groups is 2. The largest absolute Gasteiger partial charge is 0.497 e. The van der Waals surface area contributed by atoms with Crippen LogP contribution in [0.1, 0.15) is 28.6 Å².